The second-order valence-electron chi connectivity index (χ2n) is 5.20. The Bertz CT molecular complexity index is 315. The van der Waals surface area contributed by atoms with Crippen LogP contribution in [0.5, 0.6) is 0 Å². The highest BCUT2D eigenvalue weighted by Gasteiger charge is 2.33. The van der Waals surface area contributed by atoms with Crippen LogP contribution >= 0.6 is 0 Å². The smallest absolute Gasteiger partial charge is 0.318 e. The summed E-state index contributed by atoms with van der Waals surface area (Å²) in [6.07, 6.45) is 4.72. The molecule has 2 unspecified atom stereocenters. The average Bonchev–Trinajstić information content (AvgIpc) is 2.77. The first-order chi connectivity index (χ1) is 8.66. The van der Waals surface area contributed by atoms with Crippen LogP contribution in [-0.2, 0) is 4.79 Å². The number of nitrogens with two attached hydrogens (primary N) is 1. The number of piperidine rings is 1. The van der Waals surface area contributed by atoms with Crippen LogP contribution in [0.4, 0.5) is 4.79 Å². The molecular formula is C12H22N4O2. The van der Waals surface area contributed by atoms with E-state index in [4.69, 9.17) is 5.73 Å². The summed E-state index contributed by atoms with van der Waals surface area (Å²) in [4.78, 5) is 24.4. The quantitative estimate of drug-likeness (QED) is 0.642. The predicted molar refractivity (Wildman–Crippen MR) is 67.9 cm³/mol. The molecule has 0 aromatic carbocycles. The molecule has 3 amide bonds. The lowest BCUT2D eigenvalue weighted by molar-refractivity contribution is -0.121. The van der Waals surface area contributed by atoms with Crippen LogP contribution in [0.25, 0.3) is 0 Å². The van der Waals surface area contributed by atoms with Crippen LogP contribution in [0.3, 0.4) is 0 Å². The van der Waals surface area contributed by atoms with E-state index in [9.17, 15) is 9.59 Å². The summed E-state index contributed by atoms with van der Waals surface area (Å²) >= 11 is 0. The normalized spacial score (nSPS) is 29.1. The van der Waals surface area contributed by atoms with Gasteiger partial charge in [0, 0.05) is 6.04 Å². The van der Waals surface area contributed by atoms with Crippen LogP contribution in [0.15, 0.2) is 0 Å². The van der Waals surface area contributed by atoms with Gasteiger partial charge in [-0.2, -0.15) is 0 Å². The summed E-state index contributed by atoms with van der Waals surface area (Å²) in [6, 6.07) is -0.300. The summed E-state index contributed by atoms with van der Waals surface area (Å²) in [5.74, 6) is 0.334. The minimum Gasteiger partial charge on any atom is -0.351 e. The van der Waals surface area contributed by atoms with Crippen molar-refractivity contribution in [3.8, 4) is 0 Å². The highest BCUT2D eigenvalue weighted by molar-refractivity contribution is 5.94. The molecule has 0 saturated carbocycles. The zero-order valence-corrected chi connectivity index (χ0v) is 10.7. The molecule has 2 heterocycles. The first kappa shape index (κ1) is 13.3. The maximum absolute atomic E-state index is 11.6. The molecule has 18 heavy (non-hydrogen) atoms. The Balaban J connectivity index is 1.86. The zero-order chi connectivity index (χ0) is 13.0. The van der Waals surface area contributed by atoms with E-state index in [2.05, 4.69) is 15.5 Å². The van der Waals surface area contributed by atoms with E-state index < -0.39 is 6.03 Å². The van der Waals surface area contributed by atoms with Crippen molar-refractivity contribution in [1.82, 2.24) is 15.5 Å². The van der Waals surface area contributed by atoms with Gasteiger partial charge in [0.15, 0.2) is 0 Å². The number of urea groups is 1. The third kappa shape index (κ3) is 3.43. The highest BCUT2D eigenvalue weighted by Crippen LogP contribution is 2.27. The van der Waals surface area contributed by atoms with Gasteiger partial charge in [-0.25, -0.2) is 4.79 Å². The molecule has 2 rings (SSSR count). The number of hydrogen-bond donors (Lipinski definition) is 3. The second-order valence-corrected chi connectivity index (χ2v) is 5.20. The van der Waals surface area contributed by atoms with Crippen molar-refractivity contribution < 1.29 is 9.59 Å². The van der Waals surface area contributed by atoms with Gasteiger partial charge in [0.1, 0.15) is 0 Å². The lowest BCUT2D eigenvalue weighted by Gasteiger charge is -2.33. The highest BCUT2D eigenvalue weighted by atomic mass is 16.2. The molecule has 0 aromatic heterocycles. The first-order valence-electron chi connectivity index (χ1n) is 6.71. The number of hydrogen-bond acceptors (Lipinski definition) is 4. The predicted octanol–water partition coefficient (Wildman–Crippen LogP) is -0.355. The monoisotopic (exact) mass is 254 g/mol. The third-order valence-corrected chi connectivity index (χ3v) is 3.90. The average molecular weight is 254 g/mol. The number of carbonyl (C=O) groups excluding carboxylic acids is 2. The summed E-state index contributed by atoms with van der Waals surface area (Å²) < 4.78 is 0. The van der Waals surface area contributed by atoms with Crippen molar-refractivity contribution in [2.45, 2.75) is 31.7 Å². The van der Waals surface area contributed by atoms with E-state index in [-0.39, 0.29) is 12.5 Å². The lowest BCUT2D eigenvalue weighted by atomic mass is 9.90. The summed E-state index contributed by atoms with van der Waals surface area (Å²) in [6.45, 7) is 3.36. The van der Waals surface area contributed by atoms with E-state index in [0.29, 0.717) is 12.0 Å². The van der Waals surface area contributed by atoms with E-state index in [0.717, 1.165) is 32.5 Å². The van der Waals surface area contributed by atoms with Crippen molar-refractivity contribution in [2.24, 2.45) is 11.7 Å². The molecule has 2 saturated heterocycles. The molecule has 0 spiro atoms. The van der Waals surface area contributed by atoms with Crippen molar-refractivity contribution in [1.29, 1.82) is 0 Å². The summed E-state index contributed by atoms with van der Waals surface area (Å²) in [5, 5.41) is 5.55. The van der Waals surface area contributed by atoms with E-state index in [1.165, 1.54) is 12.8 Å². The molecule has 4 N–H and O–H groups in total. The van der Waals surface area contributed by atoms with Crippen LogP contribution in [0.2, 0.25) is 0 Å². The molecule has 2 aliphatic heterocycles. The van der Waals surface area contributed by atoms with Crippen LogP contribution in [0.1, 0.15) is 25.7 Å². The van der Waals surface area contributed by atoms with Crippen LogP contribution in [-0.4, -0.2) is 49.1 Å². The van der Waals surface area contributed by atoms with Gasteiger partial charge in [-0.3, -0.25) is 15.0 Å². The summed E-state index contributed by atoms with van der Waals surface area (Å²) in [5.41, 5.74) is 4.95. The number of amides is 3. The molecule has 2 atom stereocenters. The van der Waals surface area contributed by atoms with E-state index in [1.54, 1.807) is 0 Å². The van der Waals surface area contributed by atoms with Gasteiger partial charge in [0.25, 0.3) is 0 Å². The second kappa shape index (κ2) is 6.15. The summed E-state index contributed by atoms with van der Waals surface area (Å²) in [7, 11) is 0. The fraction of sp³-hybridized carbons (Fsp3) is 0.833. The van der Waals surface area contributed by atoms with Crippen molar-refractivity contribution in [3.63, 3.8) is 0 Å². The minimum absolute atomic E-state index is 0.282. The Labute approximate surface area is 107 Å². The van der Waals surface area contributed by atoms with Crippen LogP contribution in [0, 0.1) is 5.92 Å². The van der Waals surface area contributed by atoms with Gasteiger partial charge in [0.2, 0.25) is 5.91 Å². The minimum atomic E-state index is -0.768. The van der Waals surface area contributed by atoms with Gasteiger partial charge < -0.3 is 11.1 Å². The topological polar surface area (TPSA) is 87.5 Å². The SMILES string of the molecule is NC(=O)NC(=O)CN1CCCC1C1CCCNC1. The Morgan fingerprint density at radius 3 is 2.83 bits per heavy atom. The fourth-order valence-electron chi connectivity index (χ4n) is 3.15. The Hall–Kier alpha value is -1.14. The number of rotatable bonds is 3. The molecule has 2 aliphatic rings. The molecule has 6 nitrogen and oxygen atoms in total. The van der Waals surface area contributed by atoms with Gasteiger partial charge >= 0.3 is 6.03 Å². The van der Waals surface area contributed by atoms with E-state index >= 15 is 0 Å². The maximum atomic E-state index is 11.6. The molecule has 6 heteroatoms. The molecule has 0 aromatic rings. The Morgan fingerprint density at radius 1 is 1.33 bits per heavy atom. The standard InChI is InChI=1S/C12H22N4O2/c13-12(18)15-11(17)8-16-6-2-4-10(16)9-3-1-5-14-7-9/h9-10,14H,1-8H2,(H3,13,15,17,18). The third-order valence-electron chi connectivity index (χ3n) is 3.90. The molecule has 0 aliphatic carbocycles. The number of imide groups is 1. The largest absolute Gasteiger partial charge is 0.351 e. The van der Waals surface area contributed by atoms with Crippen LogP contribution < -0.4 is 16.4 Å². The number of carbonyl (C=O) groups is 2. The van der Waals surface area contributed by atoms with Crippen molar-refractivity contribution in [2.75, 3.05) is 26.2 Å². The fourth-order valence-corrected chi connectivity index (χ4v) is 3.15. The molecule has 2 fully saturated rings. The van der Waals surface area contributed by atoms with Gasteiger partial charge in [-0.15, -0.1) is 0 Å². The number of likely N-dealkylation sites (tertiary alicyclic amines) is 1. The van der Waals surface area contributed by atoms with Gasteiger partial charge in [0.05, 0.1) is 6.54 Å². The van der Waals surface area contributed by atoms with Crippen molar-refractivity contribution >= 4 is 11.9 Å². The van der Waals surface area contributed by atoms with E-state index in [1.807, 2.05) is 0 Å². The Morgan fingerprint density at radius 2 is 2.17 bits per heavy atom. The first-order valence-corrected chi connectivity index (χ1v) is 6.71. The number of nitrogens with one attached hydrogen (secondary N) is 2. The van der Waals surface area contributed by atoms with Crippen molar-refractivity contribution in [3.05, 3.63) is 0 Å². The maximum Gasteiger partial charge on any atom is 0.318 e. The molecule has 0 radical (unpaired) electrons. The lowest BCUT2D eigenvalue weighted by Crippen LogP contribution is -2.48. The molecular weight excluding hydrogens is 232 g/mol. The number of nitrogens with zero attached hydrogens (tertiary/aromatic N) is 1. The Kier molecular flexibility index (Phi) is 4.54. The molecule has 0 bridgehead atoms. The molecule has 102 valence electrons. The number of primary amides is 1. The van der Waals surface area contributed by atoms with Gasteiger partial charge in [-0.05, 0) is 51.2 Å². The van der Waals surface area contributed by atoms with Gasteiger partial charge in [-0.1, -0.05) is 0 Å². The zero-order valence-electron chi connectivity index (χ0n) is 10.7.